The van der Waals surface area contributed by atoms with Crippen molar-refractivity contribution in [2.75, 3.05) is 24.5 Å². The minimum absolute atomic E-state index is 0.0129. The minimum atomic E-state index is -0.0394. The molecule has 22 heavy (non-hydrogen) atoms. The van der Waals surface area contributed by atoms with Gasteiger partial charge < -0.3 is 15.5 Å². The highest BCUT2D eigenvalue weighted by Crippen LogP contribution is 2.22. The average Bonchev–Trinajstić information content (AvgIpc) is 3.09. The summed E-state index contributed by atoms with van der Waals surface area (Å²) >= 11 is 0. The third kappa shape index (κ3) is 3.06. The first kappa shape index (κ1) is 15.2. The molecule has 2 saturated heterocycles. The number of likely N-dealkylation sites (tertiary alicyclic amines) is 1. The van der Waals surface area contributed by atoms with Crippen LogP contribution in [0.1, 0.15) is 49.5 Å². The molecule has 1 amide bonds. The number of hydrogen-bond acceptors (Lipinski definition) is 5. The number of anilines is 1. The number of carbonyl (C=O) groups excluding carboxylic acids is 1. The standard InChI is InChI=1S/C16H25N5O/c1-12(17)14-6-2-3-11-21(14)16(22)13-7-8-15(19-18-13)20-9-4-5-10-20/h7-8,12,14H,2-6,9-11,17H2,1H3. The van der Waals surface area contributed by atoms with Crippen molar-refractivity contribution in [1.29, 1.82) is 0 Å². The summed E-state index contributed by atoms with van der Waals surface area (Å²) in [5.41, 5.74) is 6.47. The molecule has 6 nitrogen and oxygen atoms in total. The molecular formula is C16H25N5O. The van der Waals surface area contributed by atoms with Crippen molar-refractivity contribution in [3.05, 3.63) is 17.8 Å². The molecule has 6 heteroatoms. The molecule has 2 atom stereocenters. The fraction of sp³-hybridized carbons (Fsp3) is 0.688. The summed E-state index contributed by atoms with van der Waals surface area (Å²) in [5, 5.41) is 8.41. The maximum Gasteiger partial charge on any atom is 0.274 e. The van der Waals surface area contributed by atoms with Gasteiger partial charge in [0.15, 0.2) is 11.5 Å². The summed E-state index contributed by atoms with van der Waals surface area (Å²) in [5.74, 6) is 0.832. The molecule has 2 fully saturated rings. The first-order valence-electron chi connectivity index (χ1n) is 8.32. The van der Waals surface area contributed by atoms with Gasteiger partial charge >= 0.3 is 0 Å². The van der Waals surface area contributed by atoms with Gasteiger partial charge in [-0.15, -0.1) is 10.2 Å². The molecule has 0 spiro atoms. The number of hydrogen-bond donors (Lipinski definition) is 1. The lowest BCUT2D eigenvalue weighted by molar-refractivity contribution is 0.0576. The Morgan fingerprint density at radius 3 is 2.55 bits per heavy atom. The molecular weight excluding hydrogens is 278 g/mol. The van der Waals surface area contributed by atoms with Gasteiger partial charge in [0.1, 0.15) is 0 Å². The van der Waals surface area contributed by atoms with Gasteiger partial charge in [-0.25, -0.2) is 0 Å². The zero-order chi connectivity index (χ0) is 15.5. The van der Waals surface area contributed by atoms with Gasteiger partial charge in [0.2, 0.25) is 0 Å². The van der Waals surface area contributed by atoms with Crippen LogP contribution in [0.5, 0.6) is 0 Å². The number of rotatable bonds is 3. The predicted octanol–water partition coefficient (Wildman–Crippen LogP) is 1.42. The van der Waals surface area contributed by atoms with Crippen LogP contribution in [0.4, 0.5) is 5.82 Å². The molecule has 1 aromatic rings. The normalized spacial score (nSPS) is 23.6. The summed E-state index contributed by atoms with van der Waals surface area (Å²) < 4.78 is 0. The maximum atomic E-state index is 12.7. The largest absolute Gasteiger partial charge is 0.355 e. The van der Waals surface area contributed by atoms with Crippen LogP contribution in [0.15, 0.2) is 12.1 Å². The van der Waals surface area contributed by atoms with Crippen LogP contribution in [0.3, 0.4) is 0 Å². The van der Waals surface area contributed by atoms with E-state index in [1.165, 1.54) is 12.8 Å². The van der Waals surface area contributed by atoms with E-state index in [-0.39, 0.29) is 18.0 Å². The van der Waals surface area contributed by atoms with Gasteiger partial charge in [0.25, 0.3) is 5.91 Å². The number of amides is 1. The summed E-state index contributed by atoms with van der Waals surface area (Å²) in [7, 11) is 0. The molecule has 2 N–H and O–H groups in total. The van der Waals surface area contributed by atoms with Gasteiger partial charge in [-0.05, 0) is 51.2 Å². The van der Waals surface area contributed by atoms with E-state index in [0.29, 0.717) is 5.69 Å². The van der Waals surface area contributed by atoms with Crippen molar-refractivity contribution in [1.82, 2.24) is 15.1 Å². The first-order valence-corrected chi connectivity index (χ1v) is 8.32. The third-order valence-corrected chi connectivity index (χ3v) is 4.72. The summed E-state index contributed by atoms with van der Waals surface area (Å²) in [6.07, 6.45) is 5.55. The van der Waals surface area contributed by atoms with Crippen LogP contribution in [-0.4, -0.2) is 52.7 Å². The van der Waals surface area contributed by atoms with E-state index in [0.717, 1.165) is 44.7 Å². The van der Waals surface area contributed by atoms with Crippen LogP contribution < -0.4 is 10.6 Å². The Hall–Kier alpha value is -1.69. The quantitative estimate of drug-likeness (QED) is 0.914. The summed E-state index contributed by atoms with van der Waals surface area (Å²) in [4.78, 5) is 16.8. The molecule has 0 aliphatic carbocycles. The maximum absolute atomic E-state index is 12.7. The van der Waals surface area contributed by atoms with Crippen molar-refractivity contribution in [3.63, 3.8) is 0 Å². The molecule has 0 saturated carbocycles. The van der Waals surface area contributed by atoms with E-state index >= 15 is 0 Å². The molecule has 3 heterocycles. The van der Waals surface area contributed by atoms with Gasteiger partial charge in [0.05, 0.1) is 0 Å². The van der Waals surface area contributed by atoms with Crippen molar-refractivity contribution >= 4 is 11.7 Å². The van der Waals surface area contributed by atoms with Crippen LogP contribution in [0.2, 0.25) is 0 Å². The highest BCUT2D eigenvalue weighted by molar-refractivity contribution is 5.92. The highest BCUT2D eigenvalue weighted by atomic mass is 16.2. The fourth-order valence-electron chi connectivity index (χ4n) is 3.46. The van der Waals surface area contributed by atoms with E-state index in [2.05, 4.69) is 15.1 Å². The Labute approximate surface area is 131 Å². The second-order valence-electron chi connectivity index (χ2n) is 6.39. The van der Waals surface area contributed by atoms with E-state index in [1.54, 1.807) is 6.07 Å². The van der Waals surface area contributed by atoms with Gasteiger partial charge in [-0.3, -0.25) is 4.79 Å². The fourth-order valence-corrected chi connectivity index (χ4v) is 3.46. The highest BCUT2D eigenvalue weighted by Gasteiger charge is 2.30. The monoisotopic (exact) mass is 303 g/mol. The Morgan fingerprint density at radius 2 is 1.91 bits per heavy atom. The molecule has 3 rings (SSSR count). The topological polar surface area (TPSA) is 75.3 Å². The number of aromatic nitrogens is 2. The van der Waals surface area contributed by atoms with E-state index in [4.69, 9.17) is 5.73 Å². The smallest absolute Gasteiger partial charge is 0.274 e. The second kappa shape index (κ2) is 6.60. The summed E-state index contributed by atoms with van der Waals surface area (Å²) in [6.45, 7) is 4.79. The molecule has 0 radical (unpaired) electrons. The van der Waals surface area contributed by atoms with Crippen molar-refractivity contribution < 1.29 is 4.79 Å². The van der Waals surface area contributed by atoms with Gasteiger partial charge in [-0.1, -0.05) is 0 Å². The van der Waals surface area contributed by atoms with Crippen molar-refractivity contribution in [2.45, 2.75) is 51.1 Å². The van der Waals surface area contributed by atoms with Crippen molar-refractivity contribution in [3.8, 4) is 0 Å². The molecule has 1 aromatic heterocycles. The molecule has 2 aliphatic heterocycles. The molecule has 2 aliphatic rings. The van der Waals surface area contributed by atoms with E-state index in [9.17, 15) is 4.79 Å². The van der Waals surface area contributed by atoms with Crippen LogP contribution in [0, 0.1) is 0 Å². The lowest BCUT2D eigenvalue weighted by Crippen LogP contribution is -2.51. The Bertz CT molecular complexity index is 510. The summed E-state index contributed by atoms with van der Waals surface area (Å²) in [6, 6.07) is 3.81. The molecule has 0 bridgehead atoms. The zero-order valence-electron chi connectivity index (χ0n) is 13.2. The van der Waals surface area contributed by atoms with E-state index < -0.39 is 0 Å². The lowest BCUT2D eigenvalue weighted by atomic mass is 9.96. The van der Waals surface area contributed by atoms with Gasteiger partial charge in [-0.2, -0.15) is 0 Å². The lowest BCUT2D eigenvalue weighted by Gasteiger charge is -2.37. The van der Waals surface area contributed by atoms with Gasteiger partial charge in [0, 0.05) is 31.7 Å². The average molecular weight is 303 g/mol. The predicted molar refractivity (Wildman–Crippen MR) is 85.8 cm³/mol. The third-order valence-electron chi connectivity index (χ3n) is 4.72. The van der Waals surface area contributed by atoms with Crippen molar-refractivity contribution in [2.24, 2.45) is 5.73 Å². The number of nitrogens with zero attached hydrogens (tertiary/aromatic N) is 4. The molecule has 2 unspecified atom stereocenters. The van der Waals surface area contributed by atoms with Crippen LogP contribution >= 0.6 is 0 Å². The Balaban J connectivity index is 1.73. The molecule has 0 aromatic carbocycles. The number of carbonyl (C=O) groups is 1. The Kier molecular flexibility index (Phi) is 4.57. The molecule has 120 valence electrons. The van der Waals surface area contributed by atoms with E-state index in [1.807, 2.05) is 17.9 Å². The Morgan fingerprint density at radius 1 is 1.18 bits per heavy atom. The number of nitrogens with two attached hydrogens (primary N) is 1. The van der Waals surface area contributed by atoms with Crippen LogP contribution in [-0.2, 0) is 0 Å². The second-order valence-corrected chi connectivity index (χ2v) is 6.39. The number of piperidine rings is 1. The first-order chi connectivity index (χ1) is 10.7. The minimum Gasteiger partial charge on any atom is -0.355 e. The SMILES string of the molecule is CC(N)C1CCCCN1C(=O)c1ccc(N2CCCC2)nn1. The zero-order valence-corrected chi connectivity index (χ0v) is 13.2. The van der Waals surface area contributed by atoms with Crippen LogP contribution in [0.25, 0.3) is 0 Å².